The van der Waals surface area contributed by atoms with Crippen LogP contribution in [0.25, 0.3) is 0 Å². The summed E-state index contributed by atoms with van der Waals surface area (Å²) in [6.45, 7) is 3.20. The molecule has 0 radical (unpaired) electrons. The minimum Gasteiger partial charge on any atom is -0.479 e. The van der Waals surface area contributed by atoms with Gasteiger partial charge in [-0.2, -0.15) is 0 Å². The van der Waals surface area contributed by atoms with E-state index in [2.05, 4.69) is 0 Å². The monoisotopic (exact) mass is 178 g/mol. The van der Waals surface area contributed by atoms with Crippen molar-refractivity contribution >= 4 is 5.97 Å². The van der Waals surface area contributed by atoms with E-state index < -0.39 is 23.3 Å². The second-order valence-electron chi connectivity index (χ2n) is 3.20. The Morgan fingerprint density at radius 1 is 1.33 bits per heavy atom. The van der Waals surface area contributed by atoms with Crippen molar-refractivity contribution in [2.24, 2.45) is 0 Å². The lowest BCUT2D eigenvalue weighted by Crippen LogP contribution is -2.61. The second kappa shape index (κ2) is 3.01. The first-order chi connectivity index (χ1) is 5.14. The van der Waals surface area contributed by atoms with Crippen LogP contribution in [0.4, 0.5) is 0 Å². The number of aliphatic hydroxyl groups is 3. The number of carboxylic acids is 1. The molecule has 4 N–H and O–H groups in total. The number of hydrogen-bond acceptors (Lipinski definition) is 4. The fourth-order valence-corrected chi connectivity index (χ4v) is 0.623. The molecule has 0 saturated heterocycles. The molecule has 3 atom stereocenters. The third kappa shape index (κ3) is 1.57. The van der Waals surface area contributed by atoms with Gasteiger partial charge in [-0.25, -0.2) is 4.79 Å². The van der Waals surface area contributed by atoms with E-state index in [1.807, 2.05) is 0 Å². The van der Waals surface area contributed by atoms with Gasteiger partial charge in [-0.3, -0.25) is 0 Å². The summed E-state index contributed by atoms with van der Waals surface area (Å²) in [6, 6.07) is 0. The normalized spacial score (nSPS) is 23.8. The fraction of sp³-hybridized carbons (Fsp3) is 0.857. The molecular formula is C7H14O5. The Bertz CT molecular complexity index is 182. The molecule has 0 saturated carbocycles. The molecule has 0 aromatic heterocycles. The molecule has 0 unspecified atom stereocenters. The Hall–Kier alpha value is -0.650. The molecule has 0 aliphatic heterocycles. The Kier molecular flexibility index (Phi) is 2.84. The number of aliphatic carboxylic acids is 1. The van der Waals surface area contributed by atoms with Crippen LogP contribution in [0.5, 0.6) is 0 Å². The fourth-order valence-electron chi connectivity index (χ4n) is 0.623. The van der Waals surface area contributed by atoms with Crippen LogP contribution < -0.4 is 0 Å². The lowest BCUT2D eigenvalue weighted by Gasteiger charge is -2.36. The number of hydrogen-bond donors (Lipinski definition) is 4. The Balaban J connectivity index is 4.88. The predicted octanol–water partition coefficient (Wildman–Crippen LogP) is -1.05. The van der Waals surface area contributed by atoms with Crippen LogP contribution in [0, 0.1) is 0 Å². The SMILES string of the molecule is C[C@H](O)[C@@](C)(O)[C@](C)(O)C(=O)O. The molecule has 0 aromatic carbocycles. The number of aliphatic hydroxyl groups excluding tert-OH is 1. The summed E-state index contributed by atoms with van der Waals surface area (Å²) in [7, 11) is 0. The number of rotatable bonds is 3. The molecule has 0 spiro atoms. The summed E-state index contributed by atoms with van der Waals surface area (Å²) in [5, 5.41) is 36.2. The lowest BCUT2D eigenvalue weighted by atomic mass is 9.82. The zero-order valence-corrected chi connectivity index (χ0v) is 7.27. The summed E-state index contributed by atoms with van der Waals surface area (Å²) < 4.78 is 0. The average molecular weight is 178 g/mol. The van der Waals surface area contributed by atoms with Crippen LogP contribution >= 0.6 is 0 Å². The molecule has 0 aromatic rings. The lowest BCUT2D eigenvalue weighted by molar-refractivity contribution is -0.204. The average Bonchev–Trinajstić information content (AvgIpc) is 1.86. The Morgan fingerprint density at radius 2 is 1.67 bits per heavy atom. The van der Waals surface area contributed by atoms with Crippen molar-refractivity contribution < 1.29 is 25.2 Å². The smallest absolute Gasteiger partial charge is 0.338 e. The highest BCUT2D eigenvalue weighted by Crippen LogP contribution is 2.25. The van der Waals surface area contributed by atoms with Gasteiger partial charge in [0.1, 0.15) is 5.60 Å². The van der Waals surface area contributed by atoms with Crippen LogP contribution in [-0.2, 0) is 4.79 Å². The molecular weight excluding hydrogens is 164 g/mol. The summed E-state index contributed by atoms with van der Waals surface area (Å²) in [5.74, 6) is -1.58. The third-order valence-corrected chi connectivity index (χ3v) is 2.22. The maximum atomic E-state index is 10.5. The Morgan fingerprint density at radius 3 is 1.75 bits per heavy atom. The van der Waals surface area contributed by atoms with E-state index in [-0.39, 0.29) is 0 Å². The highest BCUT2D eigenvalue weighted by molar-refractivity contribution is 5.78. The van der Waals surface area contributed by atoms with E-state index in [9.17, 15) is 15.0 Å². The van der Waals surface area contributed by atoms with Gasteiger partial charge in [0.2, 0.25) is 0 Å². The van der Waals surface area contributed by atoms with Crippen molar-refractivity contribution in [3.05, 3.63) is 0 Å². The van der Waals surface area contributed by atoms with Crippen molar-refractivity contribution in [2.75, 3.05) is 0 Å². The number of carbonyl (C=O) groups is 1. The quantitative estimate of drug-likeness (QED) is 0.442. The predicted molar refractivity (Wildman–Crippen MR) is 40.6 cm³/mol. The van der Waals surface area contributed by atoms with E-state index >= 15 is 0 Å². The van der Waals surface area contributed by atoms with Crippen molar-refractivity contribution in [1.82, 2.24) is 0 Å². The van der Waals surface area contributed by atoms with Crippen LogP contribution in [0.1, 0.15) is 20.8 Å². The van der Waals surface area contributed by atoms with E-state index in [0.717, 1.165) is 13.8 Å². The highest BCUT2D eigenvalue weighted by atomic mass is 16.4. The van der Waals surface area contributed by atoms with Gasteiger partial charge < -0.3 is 20.4 Å². The maximum Gasteiger partial charge on any atom is 0.338 e. The first-order valence-corrected chi connectivity index (χ1v) is 3.50. The molecule has 0 heterocycles. The van der Waals surface area contributed by atoms with Gasteiger partial charge in [-0.1, -0.05) is 0 Å². The molecule has 0 bridgehead atoms. The summed E-state index contributed by atoms with van der Waals surface area (Å²) >= 11 is 0. The van der Waals surface area contributed by atoms with Gasteiger partial charge >= 0.3 is 5.97 Å². The molecule has 5 nitrogen and oxygen atoms in total. The van der Waals surface area contributed by atoms with Gasteiger partial charge in [0.25, 0.3) is 0 Å². The van der Waals surface area contributed by atoms with Crippen molar-refractivity contribution in [2.45, 2.75) is 38.1 Å². The van der Waals surface area contributed by atoms with Crippen LogP contribution in [-0.4, -0.2) is 43.7 Å². The third-order valence-electron chi connectivity index (χ3n) is 2.22. The largest absolute Gasteiger partial charge is 0.479 e. The van der Waals surface area contributed by atoms with Gasteiger partial charge in [0, 0.05) is 0 Å². The second-order valence-corrected chi connectivity index (χ2v) is 3.20. The van der Waals surface area contributed by atoms with E-state index in [0.29, 0.717) is 0 Å². The zero-order valence-electron chi connectivity index (χ0n) is 7.27. The first-order valence-electron chi connectivity index (χ1n) is 3.50. The van der Waals surface area contributed by atoms with Gasteiger partial charge in [0.15, 0.2) is 5.60 Å². The first kappa shape index (κ1) is 11.4. The van der Waals surface area contributed by atoms with Crippen molar-refractivity contribution in [3.8, 4) is 0 Å². The molecule has 0 aliphatic carbocycles. The van der Waals surface area contributed by atoms with Crippen LogP contribution in [0.3, 0.4) is 0 Å². The number of carboxylic acid groups (broad SMARTS) is 1. The van der Waals surface area contributed by atoms with Gasteiger partial charge in [-0.05, 0) is 20.8 Å². The highest BCUT2D eigenvalue weighted by Gasteiger charge is 2.51. The Labute approximate surface area is 70.3 Å². The molecule has 0 amide bonds. The molecule has 0 rings (SSSR count). The standard InChI is InChI=1S/C7H14O5/c1-4(8)6(2,11)7(3,12)5(9)10/h4,8,11-12H,1-3H3,(H,9,10)/t4-,6+,7+/m0/s1. The van der Waals surface area contributed by atoms with E-state index in [1.54, 1.807) is 0 Å². The minimum absolute atomic E-state index is 0.933. The van der Waals surface area contributed by atoms with E-state index in [4.69, 9.17) is 10.2 Å². The topological polar surface area (TPSA) is 98.0 Å². The summed E-state index contributed by atoms with van der Waals surface area (Å²) in [5.41, 5.74) is -4.43. The molecule has 0 fully saturated rings. The molecule has 0 aliphatic rings. The van der Waals surface area contributed by atoms with Gasteiger partial charge in [-0.15, -0.1) is 0 Å². The molecule has 12 heavy (non-hydrogen) atoms. The van der Waals surface area contributed by atoms with E-state index in [1.165, 1.54) is 6.92 Å². The summed E-state index contributed by atoms with van der Waals surface area (Å²) in [6.07, 6.45) is -1.33. The van der Waals surface area contributed by atoms with Crippen molar-refractivity contribution in [1.29, 1.82) is 0 Å². The minimum atomic E-state index is -2.36. The molecule has 72 valence electrons. The van der Waals surface area contributed by atoms with Gasteiger partial charge in [0.05, 0.1) is 6.10 Å². The summed E-state index contributed by atoms with van der Waals surface area (Å²) in [4.78, 5) is 10.5. The van der Waals surface area contributed by atoms with Crippen molar-refractivity contribution in [3.63, 3.8) is 0 Å². The maximum absolute atomic E-state index is 10.5. The molecule has 5 heteroatoms. The van der Waals surface area contributed by atoms with Crippen LogP contribution in [0.2, 0.25) is 0 Å². The van der Waals surface area contributed by atoms with Crippen LogP contribution in [0.15, 0.2) is 0 Å². The zero-order chi connectivity index (χ0) is 10.2.